The second-order valence-electron chi connectivity index (χ2n) is 10.8. The largest absolute Gasteiger partial charge is 0.480 e. The van der Waals surface area contributed by atoms with Crippen molar-refractivity contribution in [2.45, 2.75) is 32.5 Å². The predicted octanol–water partition coefficient (Wildman–Crippen LogP) is 3.14. The van der Waals surface area contributed by atoms with Crippen molar-refractivity contribution in [3.05, 3.63) is 96.7 Å². The number of anilines is 2. The zero-order valence-electron chi connectivity index (χ0n) is 24.4. The molecular formula is C33H33N5O6. The summed E-state index contributed by atoms with van der Waals surface area (Å²) in [4.78, 5) is 71.2. The highest BCUT2D eigenvalue weighted by Gasteiger charge is 2.40. The molecule has 0 aliphatic carbocycles. The van der Waals surface area contributed by atoms with Gasteiger partial charge in [0.1, 0.15) is 18.8 Å². The SMILES string of the molecule is CC(C)N(C(=O)CN1CCN(c2ccccc2)C(=O)C(NC(=O)c2cc3ccccc3n2CC(=O)O)C1=O)c1ccccc1. The van der Waals surface area contributed by atoms with Crippen LogP contribution in [-0.4, -0.2) is 75.9 Å². The number of amides is 4. The quantitative estimate of drug-likeness (QED) is 0.286. The number of hydrogen-bond donors (Lipinski definition) is 2. The van der Waals surface area contributed by atoms with Gasteiger partial charge in [-0.3, -0.25) is 24.0 Å². The molecule has 11 nitrogen and oxygen atoms in total. The van der Waals surface area contributed by atoms with Crippen LogP contribution in [0.25, 0.3) is 10.9 Å². The van der Waals surface area contributed by atoms with Crippen molar-refractivity contribution in [1.29, 1.82) is 0 Å². The minimum Gasteiger partial charge on any atom is -0.480 e. The van der Waals surface area contributed by atoms with Gasteiger partial charge in [-0.1, -0.05) is 54.6 Å². The van der Waals surface area contributed by atoms with E-state index in [4.69, 9.17) is 0 Å². The summed E-state index contributed by atoms with van der Waals surface area (Å²) >= 11 is 0. The minimum atomic E-state index is -1.65. The molecule has 1 aliphatic rings. The van der Waals surface area contributed by atoms with Crippen molar-refractivity contribution >= 4 is 51.9 Å². The number of carboxylic acid groups (broad SMARTS) is 1. The first-order valence-electron chi connectivity index (χ1n) is 14.3. The number of carboxylic acids is 1. The highest BCUT2D eigenvalue weighted by atomic mass is 16.4. The second-order valence-corrected chi connectivity index (χ2v) is 10.8. The van der Waals surface area contributed by atoms with E-state index in [-0.39, 0.29) is 37.3 Å². The van der Waals surface area contributed by atoms with Crippen LogP contribution in [0.1, 0.15) is 24.3 Å². The molecule has 0 saturated carbocycles. The molecule has 1 saturated heterocycles. The van der Waals surface area contributed by atoms with E-state index < -0.39 is 36.3 Å². The standard InChI is InChI=1S/C33H33N5O6/c1-22(2)38(25-14-7-4-8-15-25)28(39)20-35-17-18-36(24-12-5-3-6-13-24)33(44)30(32(35)43)34-31(42)27-19-23-11-9-10-16-26(23)37(27)21-29(40)41/h3-16,19,22,30H,17-18,20-21H2,1-2H3,(H,34,42)(H,40,41). The summed E-state index contributed by atoms with van der Waals surface area (Å²) in [5.41, 5.74) is 1.72. The van der Waals surface area contributed by atoms with Crippen molar-refractivity contribution in [2.24, 2.45) is 0 Å². The van der Waals surface area contributed by atoms with E-state index in [1.54, 1.807) is 59.5 Å². The smallest absolute Gasteiger partial charge is 0.323 e. The number of para-hydroxylation sites is 3. The monoisotopic (exact) mass is 595 g/mol. The average Bonchev–Trinajstić information content (AvgIpc) is 3.32. The zero-order valence-corrected chi connectivity index (χ0v) is 24.4. The number of benzene rings is 3. The van der Waals surface area contributed by atoms with Gasteiger partial charge in [0.25, 0.3) is 17.7 Å². The van der Waals surface area contributed by atoms with Crippen molar-refractivity contribution in [3.63, 3.8) is 0 Å². The lowest BCUT2D eigenvalue weighted by molar-refractivity contribution is -0.139. The van der Waals surface area contributed by atoms with Crippen LogP contribution in [-0.2, 0) is 25.7 Å². The Balaban J connectivity index is 1.48. The van der Waals surface area contributed by atoms with Crippen LogP contribution in [0.3, 0.4) is 0 Å². The first-order chi connectivity index (χ1) is 21.2. The van der Waals surface area contributed by atoms with Crippen molar-refractivity contribution < 1.29 is 29.1 Å². The lowest BCUT2D eigenvalue weighted by Gasteiger charge is -2.30. The van der Waals surface area contributed by atoms with Crippen molar-refractivity contribution in [1.82, 2.24) is 14.8 Å². The van der Waals surface area contributed by atoms with Crippen molar-refractivity contribution in [3.8, 4) is 0 Å². The molecule has 1 atom stereocenters. The Bertz CT molecular complexity index is 1700. The number of fused-ring (bicyclic) bond motifs is 1. The topological polar surface area (TPSA) is 132 Å². The molecule has 1 aromatic heterocycles. The van der Waals surface area contributed by atoms with Gasteiger partial charge in [0.15, 0.2) is 6.04 Å². The molecule has 1 unspecified atom stereocenters. The maximum atomic E-state index is 14.0. The number of hydrogen-bond acceptors (Lipinski definition) is 5. The molecule has 11 heteroatoms. The first kappa shape index (κ1) is 30.0. The number of rotatable bonds is 9. The summed E-state index contributed by atoms with van der Waals surface area (Å²) in [6.07, 6.45) is 0. The highest BCUT2D eigenvalue weighted by molar-refractivity contribution is 6.15. The number of aromatic nitrogens is 1. The Kier molecular flexibility index (Phi) is 8.75. The van der Waals surface area contributed by atoms with E-state index in [0.29, 0.717) is 22.3 Å². The third-order valence-electron chi connectivity index (χ3n) is 7.49. The van der Waals surface area contributed by atoms with Crippen LogP contribution >= 0.6 is 0 Å². The molecule has 3 aromatic carbocycles. The fourth-order valence-electron chi connectivity index (χ4n) is 5.50. The van der Waals surface area contributed by atoms with Gasteiger partial charge in [-0.05, 0) is 50.2 Å². The second kappa shape index (κ2) is 12.8. The van der Waals surface area contributed by atoms with Crippen LogP contribution < -0.4 is 15.1 Å². The van der Waals surface area contributed by atoms with Gasteiger partial charge in [0.05, 0.1) is 0 Å². The first-order valence-corrected chi connectivity index (χ1v) is 14.3. The van der Waals surface area contributed by atoms with Gasteiger partial charge in [-0.15, -0.1) is 0 Å². The van der Waals surface area contributed by atoms with Crippen LogP contribution in [0.4, 0.5) is 11.4 Å². The molecule has 226 valence electrons. The van der Waals surface area contributed by atoms with E-state index in [2.05, 4.69) is 5.32 Å². The van der Waals surface area contributed by atoms with Crippen LogP contribution in [0.15, 0.2) is 91.0 Å². The van der Waals surface area contributed by atoms with Crippen molar-refractivity contribution in [2.75, 3.05) is 29.4 Å². The normalized spacial score (nSPS) is 15.4. The van der Waals surface area contributed by atoms with Crippen LogP contribution in [0.5, 0.6) is 0 Å². The van der Waals surface area contributed by atoms with Crippen LogP contribution in [0.2, 0.25) is 0 Å². The summed E-state index contributed by atoms with van der Waals surface area (Å²) in [6, 6.07) is 24.4. The summed E-state index contributed by atoms with van der Waals surface area (Å²) in [7, 11) is 0. The van der Waals surface area contributed by atoms with Gasteiger partial charge >= 0.3 is 5.97 Å². The molecule has 0 spiro atoms. The van der Waals surface area contributed by atoms with E-state index in [9.17, 15) is 29.1 Å². The molecule has 44 heavy (non-hydrogen) atoms. The lowest BCUT2D eigenvalue weighted by atomic mass is 10.2. The van der Waals surface area contributed by atoms with E-state index in [1.807, 2.05) is 44.2 Å². The molecular weight excluding hydrogens is 562 g/mol. The van der Waals surface area contributed by atoms with E-state index in [1.165, 1.54) is 20.4 Å². The fraction of sp³-hybridized carbons (Fsp3) is 0.242. The molecule has 1 fully saturated rings. The fourth-order valence-corrected chi connectivity index (χ4v) is 5.50. The number of carbonyl (C=O) groups excluding carboxylic acids is 4. The zero-order chi connectivity index (χ0) is 31.4. The number of nitrogens with one attached hydrogen (secondary N) is 1. The third-order valence-corrected chi connectivity index (χ3v) is 7.49. The average molecular weight is 596 g/mol. The third kappa shape index (κ3) is 6.17. The Morgan fingerprint density at radius 3 is 2.16 bits per heavy atom. The molecule has 0 radical (unpaired) electrons. The number of aliphatic carboxylic acids is 1. The Hall–Kier alpha value is -5.45. The van der Waals surface area contributed by atoms with Gasteiger partial charge < -0.3 is 29.7 Å². The molecule has 5 rings (SSSR count). The lowest BCUT2D eigenvalue weighted by Crippen LogP contribution is -2.55. The Morgan fingerprint density at radius 1 is 0.864 bits per heavy atom. The molecule has 4 aromatic rings. The molecule has 1 aliphatic heterocycles. The summed E-state index contributed by atoms with van der Waals surface area (Å²) < 4.78 is 1.33. The van der Waals surface area contributed by atoms with Gasteiger partial charge in [-0.2, -0.15) is 0 Å². The molecule has 0 bridgehead atoms. The number of carbonyl (C=O) groups is 5. The number of nitrogens with zero attached hydrogens (tertiary/aromatic N) is 4. The van der Waals surface area contributed by atoms with Gasteiger partial charge in [0.2, 0.25) is 5.91 Å². The van der Waals surface area contributed by atoms with E-state index >= 15 is 0 Å². The van der Waals surface area contributed by atoms with Gasteiger partial charge in [-0.25, -0.2) is 0 Å². The minimum absolute atomic E-state index is 0.0117. The molecule has 2 heterocycles. The summed E-state index contributed by atoms with van der Waals surface area (Å²) in [6.45, 7) is 3.08. The maximum Gasteiger partial charge on any atom is 0.323 e. The maximum absolute atomic E-state index is 14.0. The Morgan fingerprint density at radius 2 is 1.50 bits per heavy atom. The van der Waals surface area contributed by atoms with Gasteiger partial charge in [0, 0.05) is 41.4 Å². The van der Waals surface area contributed by atoms with E-state index in [0.717, 1.165) is 0 Å². The Labute approximate surface area is 254 Å². The summed E-state index contributed by atoms with van der Waals surface area (Å²) in [5.74, 6) is -3.67. The molecule has 2 N–H and O–H groups in total. The summed E-state index contributed by atoms with van der Waals surface area (Å²) in [5, 5.41) is 12.7. The predicted molar refractivity (Wildman–Crippen MR) is 165 cm³/mol. The van der Waals surface area contributed by atoms with Crippen LogP contribution in [0, 0.1) is 0 Å². The highest BCUT2D eigenvalue weighted by Crippen LogP contribution is 2.23. The molecule has 4 amide bonds.